The lowest BCUT2D eigenvalue weighted by molar-refractivity contribution is 0.984. The summed E-state index contributed by atoms with van der Waals surface area (Å²) in [6.45, 7) is 6.20. The van der Waals surface area contributed by atoms with Crippen LogP contribution in [0.15, 0.2) is 23.8 Å². The van der Waals surface area contributed by atoms with Gasteiger partial charge in [0.05, 0.1) is 0 Å². The van der Waals surface area contributed by atoms with Crippen molar-refractivity contribution in [3.05, 3.63) is 23.8 Å². The average molecular weight is 154 g/mol. The van der Waals surface area contributed by atoms with Crippen LogP contribution in [0.5, 0.6) is 0 Å². The topological polar surface area (TPSA) is 0 Å². The Balaban J connectivity index is 0. The summed E-state index contributed by atoms with van der Waals surface area (Å²) in [7, 11) is 0. The predicted octanol–water partition coefficient (Wildman–Crippen LogP) is 4.34. The second-order valence-corrected chi connectivity index (χ2v) is 2.11. The van der Waals surface area contributed by atoms with Crippen molar-refractivity contribution in [2.24, 2.45) is 0 Å². The van der Waals surface area contributed by atoms with Crippen LogP contribution in [0.2, 0.25) is 0 Å². The van der Waals surface area contributed by atoms with Crippen molar-refractivity contribution in [2.45, 2.75) is 47.5 Å². The molecule has 1 rings (SSSR count). The molecule has 0 bridgehead atoms. The fraction of sp³-hybridized carbons (Fsp3) is 0.636. The Labute approximate surface area is 72.0 Å². The number of hydrogen-bond acceptors (Lipinski definition) is 0. The average Bonchev–Trinajstić information content (AvgIpc) is 2.10. The predicted molar refractivity (Wildman–Crippen MR) is 54.8 cm³/mol. The third-order valence-electron chi connectivity index (χ3n) is 1.48. The first-order chi connectivity index (χ1) is 4.93. The molecule has 0 amide bonds. The molecule has 0 fully saturated rings. The van der Waals surface area contributed by atoms with E-state index < -0.39 is 0 Å². The number of rotatable bonds is 1. The molecule has 1 aliphatic rings. The Morgan fingerprint density at radius 3 is 2.18 bits per heavy atom. The van der Waals surface area contributed by atoms with E-state index in [1.54, 1.807) is 0 Å². The first-order valence-electron chi connectivity index (χ1n) is 4.29. The Bertz CT molecular complexity index is 118. The SMILES string of the molecule is C.CC.CCC1=CCCC=C1. The van der Waals surface area contributed by atoms with Crippen molar-refractivity contribution in [1.29, 1.82) is 0 Å². The Hall–Kier alpha value is -0.520. The first-order valence-corrected chi connectivity index (χ1v) is 4.29. The fourth-order valence-corrected chi connectivity index (χ4v) is 0.930. The molecule has 0 spiro atoms. The molecule has 66 valence electrons. The van der Waals surface area contributed by atoms with Gasteiger partial charge in [-0.1, -0.05) is 52.0 Å². The maximum absolute atomic E-state index is 2.32. The van der Waals surface area contributed by atoms with Gasteiger partial charge < -0.3 is 0 Å². The lowest BCUT2D eigenvalue weighted by Crippen LogP contribution is -1.80. The standard InChI is InChI=1S/C8H12.C2H6.CH4/c1-2-8-6-4-3-5-7-8;1-2;/h4,6-7H,2-3,5H2,1H3;1-2H3;1H4. The molecular formula is C11H22. The van der Waals surface area contributed by atoms with E-state index in [-0.39, 0.29) is 7.43 Å². The summed E-state index contributed by atoms with van der Waals surface area (Å²) in [5.74, 6) is 0. The zero-order valence-corrected chi connectivity index (χ0v) is 7.35. The van der Waals surface area contributed by atoms with Gasteiger partial charge >= 0.3 is 0 Å². The van der Waals surface area contributed by atoms with Gasteiger partial charge in [-0.3, -0.25) is 0 Å². The van der Waals surface area contributed by atoms with Crippen molar-refractivity contribution in [3.8, 4) is 0 Å². The lowest BCUT2D eigenvalue weighted by Gasteiger charge is -2.01. The van der Waals surface area contributed by atoms with Gasteiger partial charge in [0.2, 0.25) is 0 Å². The Morgan fingerprint density at radius 2 is 1.91 bits per heavy atom. The molecular weight excluding hydrogens is 132 g/mol. The first kappa shape index (κ1) is 13.1. The Morgan fingerprint density at radius 1 is 1.27 bits per heavy atom. The second-order valence-electron chi connectivity index (χ2n) is 2.11. The largest absolute Gasteiger partial charge is 0.0840 e. The smallest absolute Gasteiger partial charge is 0.0310 e. The molecule has 1 aliphatic carbocycles. The van der Waals surface area contributed by atoms with Gasteiger partial charge in [-0.25, -0.2) is 0 Å². The minimum atomic E-state index is 0. The summed E-state index contributed by atoms with van der Waals surface area (Å²) in [4.78, 5) is 0. The third-order valence-corrected chi connectivity index (χ3v) is 1.48. The van der Waals surface area contributed by atoms with Gasteiger partial charge in [0.1, 0.15) is 0 Å². The maximum Gasteiger partial charge on any atom is -0.0310 e. The molecule has 0 atom stereocenters. The fourth-order valence-electron chi connectivity index (χ4n) is 0.930. The van der Waals surface area contributed by atoms with Crippen LogP contribution < -0.4 is 0 Å². The van der Waals surface area contributed by atoms with Gasteiger partial charge in [-0.2, -0.15) is 0 Å². The van der Waals surface area contributed by atoms with E-state index in [0.29, 0.717) is 0 Å². The van der Waals surface area contributed by atoms with Crippen LogP contribution in [0.1, 0.15) is 47.5 Å². The quantitative estimate of drug-likeness (QED) is 0.527. The highest BCUT2D eigenvalue weighted by Crippen LogP contribution is 2.11. The summed E-state index contributed by atoms with van der Waals surface area (Å²) in [5.41, 5.74) is 1.50. The molecule has 0 heteroatoms. The maximum atomic E-state index is 2.32. The van der Waals surface area contributed by atoms with Crippen molar-refractivity contribution in [2.75, 3.05) is 0 Å². The molecule has 0 heterocycles. The van der Waals surface area contributed by atoms with Gasteiger partial charge in [0.25, 0.3) is 0 Å². The Kier molecular flexibility index (Phi) is 11.3. The summed E-state index contributed by atoms with van der Waals surface area (Å²) in [5, 5.41) is 0. The molecule has 0 unspecified atom stereocenters. The zero-order valence-electron chi connectivity index (χ0n) is 7.35. The van der Waals surface area contributed by atoms with E-state index in [4.69, 9.17) is 0 Å². The van der Waals surface area contributed by atoms with Crippen molar-refractivity contribution in [3.63, 3.8) is 0 Å². The highest BCUT2D eigenvalue weighted by molar-refractivity contribution is 5.21. The summed E-state index contributed by atoms with van der Waals surface area (Å²) >= 11 is 0. The summed E-state index contributed by atoms with van der Waals surface area (Å²) in [6.07, 6.45) is 10.5. The molecule has 0 aliphatic heterocycles. The number of allylic oxidation sites excluding steroid dienone is 4. The van der Waals surface area contributed by atoms with Crippen LogP contribution in [-0.2, 0) is 0 Å². The molecule has 0 aromatic rings. The highest BCUT2D eigenvalue weighted by Gasteiger charge is 1.90. The minimum Gasteiger partial charge on any atom is -0.0840 e. The molecule has 0 saturated carbocycles. The molecule has 0 saturated heterocycles. The third kappa shape index (κ3) is 5.90. The normalized spacial score (nSPS) is 13.9. The summed E-state index contributed by atoms with van der Waals surface area (Å²) < 4.78 is 0. The summed E-state index contributed by atoms with van der Waals surface area (Å²) in [6, 6.07) is 0. The van der Waals surface area contributed by atoms with Gasteiger partial charge in [-0.15, -0.1) is 0 Å². The van der Waals surface area contributed by atoms with Gasteiger partial charge in [0, 0.05) is 0 Å². The van der Waals surface area contributed by atoms with E-state index in [2.05, 4.69) is 25.2 Å². The van der Waals surface area contributed by atoms with E-state index in [0.717, 1.165) is 0 Å². The second kappa shape index (κ2) is 9.48. The molecule has 0 radical (unpaired) electrons. The lowest BCUT2D eigenvalue weighted by atomic mass is 10.1. The van der Waals surface area contributed by atoms with E-state index in [1.807, 2.05) is 13.8 Å². The molecule has 0 nitrogen and oxygen atoms in total. The van der Waals surface area contributed by atoms with Crippen molar-refractivity contribution < 1.29 is 0 Å². The highest BCUT2D eigenvalue weighted by atomic mass is 14.0. The van der Waals surface area contributed by atoms with Crippen molar-refractivity contribution in [1.82, 2.24) is 0 Å². The molecule has 0 aromatic heterocycles. The van der Waals surface area contributed by atoms with Crippen LogP contribution in [-0.4, -0.2) is 0 Å². The monoisotopic (exact) mass is 154 g/mol. The molecule has 0 N–H and O–H groups in total. The van der Waals surface area contributed by atoms with Crippen LogP contribution in [0, 0.1) is 0 Å². The van der Waals surface area contributed by atoms with Gasteiger partial charge in [-0.05, 0) is 19.3 Å². The van der Waals surface area contributed by atoms with Crippen LogP contribution >= 0.6 is 0 Å². The van der Waals surface area contributed by atoms with Crippen LogP contribution in [0.3, 0.4) is 0 Å². The van der Waals surface area contributed by atoms with Gasteiger partial charge in [0.15, 0.2) is 0 Å². The van der Waals surface area contributed by atoms with E-state index >= 15 is 0 Å². The van der Waals surface area contributed by atoms with E-state index in [9.17, 15) is 0 Å². The zero-order chi connectivity index (χ0) is 7.82. The van der Waals surface area contributed by atoms with Crippen molar-refractivity contribution >= 4 is 0 Å². The van der Waals surface area contributed by atoms with Crippen LogP contribution in [0.4, 0.5) is 0 Å². The minimum absolute atomic E-state index is 0. The molecule has 11 heavy (non-hydrogen) atoms. The van der Waals surface area contributed by atoms with Crippen LogP contribution in [0.25, 0.3) is 0 Å². The molecule has 0 aromatic carbocycles. The number of hydrogen-bond donors (Lipinski definition) is 0. The van der Waals surface area contributed by atoms with E-state index in [1.165, 1.54) is 24.8 Å².